The molecule has 19 heavy (non-hydrogen) atoms. The summed E-state index contributed by atoms with van der Waals surface area (Å²) >= 11 is 0. The van der Waals surface area contributed by atoms with Gasteiger partial charge in [-0.05, 0) is 40.4 Å². The molecule has 0 radical (unpaired) electrons. The summed E-state index contributed by atoms with van der Waals surface area (Å²) < 4.78 is 0. The van der Waals surface area contributed by atoms with Gasteiger partial charge in [0.05, 0.1) is 0 Å². The third-order valence-electron chi connectivity index (χ3n) is 3.74. The molecule has 0 aliphatic heterocycles. The van der Waals surface area contributed by atoms with Crippen LogP contribution in [0.25, 0.3) is 0 Å². The third kappa shape index (κ3) is 7.43. The standard InChI is InChI=1S/C17H38P2/c1-14(2)18(15(3)4)12-11-13-19(16(5,6)7)17(8,9)10/h14-15H,11-13H2,1-10H3. The van der Waals surface area contributed by atoms with E-state index < -0.39 is 0 Å². The van der Waals surface area contributed by atoms with Crippen molar-refractivity contribution in [1.82, 2.24) is 0 Å². The Bertz CT molecular complexity index is 221. The molecular formula is C17H38P2. The van der Waals surface area contributed by atoms with Crippen LogP contribution in [-0.2, 0) is 0 Å². The molecule has 0 aromatic carbocycles. The second kappa shape index (κ2) is 7.75. The van der Waals surface area contributed by atoms with Crippen molar-refractivity contribution < 1.29 is 0 Å². The highest BCUT2D eigenvalue weighted by Crippen LogP contribution is 2.60. The van der Waals surface area contributed by atoms with Gasteiger partial charge in [0.15, 0.2) is 0 Å². The predicted molar refractivity (Wildman–Crippen MR) is 98.0 cm³/mol. The number of hydrogen-bond acceptors (Lipinski definition) is 0. The first kappa shape index (κ1) is 19.9. The van der Waals surface area contributed by atoms with Crippen molar-refractivity contribution >= 4 is 15.8 Å². The molecule has 0 aromatic heterocycles. The summed E-state index contributed by atoms with van der Waals surface area (Å²) in [6.07, 6.45) is 4.39. The monoisotopic (exact) mass is 304 g/mol. The lowest BCUT2D eigenvalue weighted by Gasteiger charge is -2.42. The number of rotatable bonds is 6. The molecular weight excluding hydrogens is 266 g/mol. The van der Waals surface area contributed by atoms with E-state index in [0.29, 0.717) is 10.3 Å². The van der Waals surface area contributed by atoms with E-state index in [1.807, 2.05) is 0 Å². The topological polar surface area (TPSA) is 0 Å². The Morgan fingerprint density at radius 3 is 1.32 bits per heavy atom. The summed E-state index contributed by atoms with van der Waals surface area (Å²) in [6.45, 7) is 24.3. The highest BCUT2D eigenvalue weighted by atomic mass is 31.1. The lowest BCUT2D eigenvalue weighted by Crippen LogP contribution is -2.26. The van der Waals surface area contributed by atoms with Crippen molar-refractivity contribution in [3.63, 3.8) is 0 Å². The first-order valence-corrected chi connectivity index (χ1v) is 11.1. The second-order valence-electron chi connectivity index (χ2n) is 8.27. The van der Waals surface area contributed by atoms with Crippen molar-refractivity contribution in [2.45, 2.75) is 97.3 Å². The van der Waals surface area contributed by atoms with Crippen LogP contribution < -0.4 is 0 Å². The van der Waals surface area contributed by atoms with Gasteiger partial charge in [0.1, 0.15) is 0 Å². The largest absolute Gasteiger partial charge is 0.101 e. The predicted octanol–water partition coefficient (Wildman–Crippen LogP) is 6.75. The maximum Gasteiger partial charge on any atom is -0.0175 e. The van der Waals surface area contributed by atoms with Crippen LogP contribution >= 0.6 is 15.8 Å². The Morgan fingerprint density at radius 1 is 0.684 bits per heavy atom. The van der Waals surface area contributed by atoms with Crippen LogP contribution in [0, 0.1) is 0 Å². The zero-order valence-corrected chi connectivity index (χ0v) is 17.0. The van der Waals surface area contributed by atoms with E-state index in [-0.39, 0.29) is 15.8 Å². The van der Waals surface area contributed by atoms with Crippen molar-refractivity contribution in [3.05, 3.63) is 0 Å². The summed E-state index contributed by atoms with van der Waals surface area (Å²) in [5.41, 5.74) is 1.79. The van der Waals surface area contributed by atoms with Gasteiger partial charge in [0.25, 0.3) is 0 Å². The maximum absolute atomic E-state index is 2.44. The highest BCUT2D eigenvalue weighted by molar-refractivity contribution is 7.61. The molecule has 0 bridgehead atoms. The van der Waals surface area contributed by atoms with Gasteiger partial charge in [0.2, 0.25) is 0 Å². The quantitative estimate of drug-likeness (QED) is 0.476. The summed E-state index contributed by atoms with van der Waals surface area (Å²) in [5.74, 6) is 0. The summed E-state index contributed by atoms with van der Waals surface area (Å²) in [6, 6.07) is 0. The molecule has 2 heteroatoms. The minimum Gasteiger partial charge on any atom is -0.101 e. The van der Waals surface area contributed by atoms with Gasteiger partial charge in [0, 0.05) is 0 Å². The summed E-state index contributed by atoms with van der Waals surface area (Å²) in [7, 11) is 0.328. The molecule has 0 saturated carbocycles. The average Bonchev–Trinajstić information content (AvgIpc) is 2.11. The van der Waals surface area contributed by atoms with Crippen LogP contribution in [0.4, 0.5) is 0 Å². The molecule has 0 aliphatic carbocycles. The lowest BCUT2D eigenvalue weighted by atomic mass is 10.2. The average molecular weight is 304 g/mol. The van der Waals surface area contributed by atoms with Gasteiger partial charge in [-0.15, -0.1) is 7.92 Å². The Morgan fingerprint density at radius 2 is 1.05 bits per heavy atom. The zero-order valence-electron chi connectivity index (χ0n) is 15.2. The van der Waals surface area contributed by atoms with Gasteiger partial charge in [-0.3, -0.25) is 0 Å². The van der Waals surface area contributed by atoms with E-state index in [1.165, 1.54) is 18.7 Å². The molecule has 0 unspecified atom stereocenters. The van der Waals surface area contributed by atoms with E-state index in [1.54, 1.807) is 0 Å². The van der Waals surface area contributed by atoms with E-state index in [4.69, 9.17) is 0 Å². The summed E-state index contributed by atoms with van der Waals surface area (Å²) in [5, 5.41) is 0.984. The summed E-state index contributed by atoms with van der Waals surface area (Å²) in [4.78, 5) is 0. The molecule has 116 valence electrons. The lowest BCUT2D eigenvalue weighted by molar-refractivity contribution is 0.701. The Hall–Kier alpha value is 0.860. The molecule has 0 saturated heterocycles. The molecule has 0 amide bonds. The Kier molecular flexibility index (Phi) is 8.10. The van der Waals surface area contributed by atoms with Crippen LogP contribution in [-0.4, -0.2) is 34.0 Å². The first-order chi connectivity index (χ1) is 8.37. The molecule has 0 spiro atoms. The molecule has 0 atom stereocenters. The van der Waals surface area contributed by atoms with Crippen molar-refractivity contribution in [2.75, 3.05) is 12.3 Å². The third-order valence-corrected chi connectivity index (χ3v) is 11.2. The van der Waals surface area contributed by atoms with Crippen molar-refractivity contribution in [1.29, 1.82) is 0 Å². The fourth-order valence-corrected chi connectivity index (χ4v) is 10.0. The van der Waals surface area contributed by atoms with E-state index in [0.717, 1.165) is 11.3 Å². The minimum absolute atomic E-state index is 0.0984. The Balaban J connectivity index is 4.51. The molecule has 0 heterocycles. The van der Waals surface area contributed by atoms with Crippen molar-refractivity contribution in [2.24, 2.45) is 0 Å². The van der Waals surface area contributed by atoms with Gasteiger partial charge in [-0.2, -0.15) is 0 Å². The normalized spacial score (nSPS) is 14.2. The molecule has 0 fully saturated rings. The van der Waals surface area contributed by atoms with Gasteiger partial charge >= 0.3 is 0 Å². The molecule has 0 rings (SSSR count). The fourth-order valence-electron chi connectivity index (χ4n) is 3.20. The smallest absolute Gasteiger partial charge is 0.0175 e. The van der Waals surface area contributed by atoms with Gasteiger partial charge in [-0.25, -0.2) is 0 Å². The van der Waals surface area contributed by atoms with E-state index >= 15 is 0 Å². The molecule has 0 aromatic rings. The molecule has 0 N–H and O–H groups in total. The molecule has 0 aliphatic rings. The van der Waals surface area contributed by atoms with Crippen LogP contribution in [0.5, 0.6) is 0 Å². The fraction of sp³-hybridized carbons (Fsp3) is 1.00. The first-order valence-electron chi connectivity index (χ1n) is 7.91. The minimum atomic E-state index is 0.0984. The number of hydrogen-bond donors (Lipinski definition) is 0. The maximum atomic E-state index is 2.44. The van der Waals surface area contributed by atoms with E-state index in [9.17, 15) is 0 Å². The second-order valence-corrected chi connectivity index (χ2v) is 15.8. The SMILES string of the molecule is CC(C)P(CCCP(C(C)(C)C)C(C)(C)C)C(C)C. The van der Waals surface area contributed by atoms with Crippen LogP contribution in [0.1, 0.15) is 75.7 Å². The van der Waals surface area contributed by atoms with Crippen LogP contribution in [0.2, 0.25) is 0 Å². The van der Waals surface area contributed by atoms with E-state index in [2.05, 4.69) is 69.2 Å². The zero-order chi connectivity index (χ0) is 15.4. The van der Waals surface area contributed by atoms with Crippen LogP contribution in [0.15, 0.2) is 0 Å². The Labute approximate surface area is 126 Å². The van der Waals surface area contributed by atoms with Gasteiger partial charge < -0.3 is 0 Å². The molecule has 0 nitrogen and oxygen atoms in total. The van der Waals surface area contributed by atoms with Crippen LogP contribution in [0.3, 0.4) is 0 Å². The van der Waals surface area contributed by atoms with Crippen molar-refractivity contribution in [3.8, 4) is 0 Å². The van der Waals surface area contributed by atoms with Gasteiger partial charge in [-0.1, -0.05) is 77.2 Å². The highest BCUT2D eigenvalue weighted by Gasteiger charge is 2.33.